The van der Waals surface area contributed by atoms with Crippen LogP contribution in [0.3, 0.4) is 0 Å². The molecule has 0 spiro atoms. The summed E-state index contributed by atoms with van der Waals surface area (Å²) in [5.74, 6) is 0. The average molecular weight is 209 g/mol. The first kappa shape index (κ1) is 14.4. The third-order valence-electron chi connectivity index (χ3n) is 2.59. The van der Waals surface area contributed by atoms with E-state index in [1.807, 2.05) is 13.8 Å². The predicted molar refractivity (Wildman–Crippen MR) is 70.2 cm³/mol. The summed E-state index contributed by atoms with van der Waals surface area (Å²) in [7, 11) is 0. The lowest BCUT2D eigenvalue weighted by Crippen LogP contribution is -2.31. The molecule has 88 valence electrons. The molecule has 0 aromatic heterocycles. The van der Waals surface area contributed by atoms with Crippen LogP contribution in [0.5, 0.6) is 0 Å². The molecular weight excluding hydrogens is 182 g/mol. The van der Waals surface area contributed by atoms with Crippen LogP contribution in [0, 0.1) is 0 Å². The summed E-state index contributed by atoms with van der Waals surface area (Å²) in [6.07, 6.45) is 11.7. The van der Waals surface area contributed by atoms with Gasteiger partial charge in [-0.2, -0.15) is 0 Å². The first-order chi connectivity index (χ1) is 7.34. The number of hydrogen-bond donors (Lipinski definition) is 1. The van der Waals surface area contributed by atoms with Gasteiger partial charge in [0.05, 0.1) is 0 Å². The Balaban J connectivity index is 0.000000921. The number of rotatable bonds is 5. The summed E-state index contributed by atoms with van der Waals surface area (Å²) in [6, 6.07) is 0.599. The predicted octanol–water partition coefficient (Wildman–Crippen LogP) is 4.07. The van der Waals surface area contributed by atoms with Gasteiger partial charge in [-0.3, -0.25) is 0 Å². The fraction of sp³-hybridized carbons (Fsp3) is 0.714. The molecule has 0 saturated carbocycles. The van der Waals surface area contributed by atoms with Crippen LogP contribution in [0.2, 0.25) is 0 Å². The van der Waals surface area contributed by atoms with E-state index in [1.54, 1.807) is 0 Å². The van der Waals surface area contributed by atoms with E-state index in [9.17, 15) is 0 Å². The molecule has 0 saturated heterocycles. The van der Waals surface area contributed by atoms with E-state index in [2.05, 4.69) is 37.4 Å². The molecule has 1 nitrogen and oxygen atoms in total. The van der Waals surface area contributed by atoms with Crippen molar-refractivity contribution in [3.8, 4) is 0 Å². The summed E-state index contributed by atoms with van der Waals surface area (Å²) in [6.45, 7) is 9.62. The molecule has 1 aliphatic carbocycles. The summed E-state index contributed by atoms with van der Waals surface area (Å²) < 4.78 is 0. The Morgan fingerprint density at radius 3 is 2.67 bits per heavy atom. The highest BCUT2D eigenvalue weighted by molar-refractivity contribution is 5.21. The van der Waals surface area contributed by atoms with Gasteiger partial charge < -0.3 is 5.32 Å². The van der Waals surface area contributed by atoms with Crippen molar-refractivity contribution in [3.05, 3.63) is 23.8 Å². The zero-order valence-electron chi connectivity index (χ0n) is 10.8. The van der Waals surface area contributed by atoms with E-state index in [1.165, 1.54) is 24.8 Å². The lowest BCUT2D eigenvalue weighted by Gasteiger charge is -2.20. The second kappa shape index (κ2) is 9.97. The maximum Gasteiger partial charge on any atom is 0.0314 e. The zero-order chi connectivity index (χ0) is 11.5. The Morgan fingerprint density at radius 1 is 1.33 bits per heavy atom. The molecule has 0 aliphatic heterocycles. The van der Waals surface area contributed by atoms with Gasteiger partial charge in [0.25, 0.3) is 0 Å². The highest BCUT2D eigenvalue weighted by atomic mass is 14.9. The third-order valence-corrected chi connectivity index (χ3v) is 2.59. The van der Waals surface area contributed by atoms with Gasteiger partial charge in [-0.15, -0.1) is 0 Å². The Labute approximate surface area is 95.7 Å². The van der Waals surface area contributed by atoms with Gasteiger partial charge in [-0.25, -0.2) is 0 Å². The van der Waals surface area contributed by atoms with E-state index in [-0.39, 0.29) is 0 Å². The molecule has 0 radical (unpaired) electrons. The Morgan fingerprint density at radius 2 is 2.07 bits per heavy atom. The summed E-state index contributed by atoms with van der Waals surface area (Å²) >= 11 is 0. The lowest BCUT2D eigenvalue weighted by atomic mass is 10.0. The Kier molecular flexibility index (Phi) is 9.60. The number of hydrogen-bond acceptors (Lipinski definition) is 1. The van der Waals surface area contributed by atoms with Crippen LogP contribution in [0.4, 0.5) is 0 Å². The van der Waals surface area contributed by atoms with Gasteiger partial charge in [-0.1, -0.05) is 57.4 Å². The molecular formula is C14H27N. The van der Waals surface area contributed by atoms with Crippen LogP contribution in [-0.4, -0.2) is 12.6 Å². The number of nitrogens with one attached hydrogen (secondary N) is 1. The molecule has 15 heavy (non-hydrogen) atoms. The van der Waals surface area contributed by atoms with E-state index in [0.717, 1.165) is 13.0 Å². The van der Waals surface area contributed by atoms with Crippen molar-refractivity contribution in [1.29, 1.82) is 0 Å². The van der Waals surface area contributed by atoms with Gasteiger partial charge >= 0.3 is 0 Å². The molecule has 0 fully saturated rings. The number of unbranched alkanes of at least 4 members (excludes halogenated alkanes) is 2. The molecule has 1 unspecified atom stereocenters. The highest BCUT2D eigenvalue weighted by Crippen LogP contribution is 2.11. The van der Waals surface area contributed by atoms with E-state index < -0.39 is 0 Å². The van der Waals surface area contributed by atoms with Crippen molar-refractivity contribution >= 4 is 0 Å². The first-order valence-corrected chi connectivity index (χ1v) is 6.41. The number of allylic oxidation sites excluding steroid dienone is 2. The topological polar surface area (TPSA) is 12.0 Å². The van der Waals surface area contributed by atoms with Gasteiger partial charge in [-0.05, 0) is 26.3 Å². The second-order valence-electron chi connectivity index (χ2n) is 3.79. The lowest BCUT2D eigenvalue weighted by molar-refractivity contribution is 0.542. The smallest absolute Gasteiger partial charge is 0.0314 e. The van der Waals surface area contributed by atoms with Crippen LogP contribution >= 0.6 is 0 Å². The van der Waals surface area contributed by atoms with Crippen molar-refractivity contribution in [2.75, 3.05) is 6.54 Å². The summed E-state index contributed by atoms with van der Waals surface area (Å²) in [4.78, 5) is 0. The van der Waals surface area contributed by atoms with Gasteiger partial charge in [0.15, 0.2) is 0 Å². The SMILES string of the molecule is CC.CCCCCNC1CC=CC=C1C. The summed E-state index contributed by atoms with van der Waals surface area (Å²) in [5, 5.41) is 3.59. The minimum atomic E-state index is 0.599. The molecule has 0 heterocycles. The van der Waals surface area contributed by atoms with Crippen LogP contribution in [0.1, 0.15) is 53.4 Å². The molecule has 0 aromatic rings. The molecule has 1 atom stereocenters. The molecule has 1 aliphatic rings. The van der Waals surface area contributed by atoms with Crippen molar-refractivity contribution < 1.29 is 0 Å². The highest BCUT2D eigenvalue weighted by Gasteiger charge is 2.09. The molecule has 1 heteroatoms. The van der Waals surface area contributed by atoms with Crippen molar-refractivity contribution in [3.63, 3.8) is 0 Å². The fourth-order valence-corrected chi connectivity index (χ4v) is 1.63. The maximum absolute atomic E-state index is 3.59. The molecule has 0 amide bonds. The largest absolute Gasteiger partial charge is 0.310 e. The van der Waals surface area contributed by atoms with E-state index >= 15 is 0 Å². The second-order valence-corrected chi connectivity index (χ2v) is 3.79. The third kappa shape index (κ3) is 6.51. The van der Waals surface area contributed by atoms with Crippen LogP contribution in [-0.2, 0) is 0 Å². The van der Waals surface area contributed by atoms with Crippen molar-refractivity contribution in [2.45, 2.75) is 59.4 Å². The van der Waals surface area contributed by atoms with E-state index in [0.29, 0.717) is 6.04 Å². The minimum Gasteiger partial charge on any atom is -0.310 e. The average Bonchev–Trinajstić information content (AvgIpc) is 2.29. The Hall–Kier alpha value is -0.560. The standard InChI is InChI=1S/C12H21N.C2H6/c1-3-4-7-10-13-12-9-6-5-8-11(12)2;1-2/h5-6,8,12-13H,3-4,7,9-10H2,1-2H3;1-2H3. The quantitative estimate of drug-likeness (QED) is 0.673. The molecule has 0 aromatic carbocycles. The van der Waals surface area contributed by atoms with Gasteiger partial charge in [0, 0.05) is 6.04 Å². The maximum atomic E-state index is 3.59. The van der Waals surface area contributed by atoms with Crippen LogP contribution in [0.25, 0.3) is 0 Å². The van der Waals surface area contributed by atoms with Gasteiger partial charge in [0.2, 0.25) is 0 Å². The first-order valence-electron chi connectivity index (χ1n) is 6.41. The van der Waals surface area contributed by atoms with Gasteiger partial charge in [0.1, 0.15) is 0 Å². The monoisotopic (exact) mass is 209 g/mol. The Bertz CT molecular complexity index is 192. The normalized spacial score (nSPS) is 19.2. The zero-order valence-corrected chi connectivity index (χ0v) is 10.8. The molecule has 1 N–H and O–H groups in total. The van der Waals surface area contributed by atoms with E-state index in [4.69, 9.17) is 0 Å². The minimum absolute atomic E-state index is 0.599. The summed E-state index contributed by atoms with van der Waals surface area (Å²) in [5.41, 5.74) is 1.47. The van der Waals surface area contributed by atoms with Crippen molar-refractivity contribution in [1.82, 2.24) is 5.32 Å². The van der Waals surface area contributed by atoms with Crippen molar-refractivity contribution in [2.24, 2.45) is 0 Å². The molecule has 0 bridgehead atoms. The van der Waals surface area contributed by atoms with Crippen LogP contribution < -0.4 is 5.32 Å². The van der Waals surface area contributed by atoms with Crippen LogP contribution in [0.15, 0.2) is 23.8 Å². The fourth-order valence-electron chi connectivity index (χ4n) is 1.63. The molecule has 1 rings (SSSR count).